The molecular formula is C32H30O10. The van der Waals surface area contributed by atoms with E-state index in [0.29, 0.717) is 11.1 Å². The average molecular weight is 575 g/mol. The fourth-order valence-electron chi connectivity index (χ4n) is 4.53. The molecule has 0 saturated carbocycles. The number of aromatic carboxylic acids is 2. The number of carbonyl (C=O) groups is 2. The molecule has 0 bridgehead atoms. The van der Waals surface area contributed by atoms with Crippen molar-refractivity contribution in [2.45, 2.75) is 36.6 Å². The lowest BCUT2D eigenvalue weighted by atomic mass is 9.90. The molecule has 10 nitrogen and oxygen atoms in total. The van der Waals surface area contributed by atoms with Crippen LogP contribution in [0, 0.1) is 0 Å². The van der Waals surface area contributed by atoms with Gasteiger partial charge in [0.15, 0.2) is 0 Å². The van der Waals surface area contributed by atoms with Gasteiger partial charge >= 0.3 is 11.9 Å². The van der Waals surface area contributed by atoms with Crippen LogP contribution >= 0.6 is 0 Å². The minimum absolute atomic E-state index is 0.135. The number of aliphatic hydroxyl groups excluding tert-OH is 6. The molecule has 0 aromatic heterocycles. The summed E-state index contributed by atoms with van der Waals surface area (Å²) in [6.07, 6.45) is -11.2. The number of hydrogen-bond acceptors (Lipinski definition) is 8. The Hall–Kier alpha value is -4.42. The van der Waals surface area contributed by atoms with Crippen molar-refractivity contribution in [1.82, 2.24) is 0 Å². The van der Waals surface area contributed by atoms with E-state index in [0.717, 1.165) is 11.1 Å². The number of benzene rings is 4. The van der Waals surface area contributed by atoms with Crippen molar-refractivity contribution in [3.63, 3.8) is 0 Å². The Morgan fingerprint density at radius 3 is 0.857 bits per heavy atom. The molecule has 0 aliphatic carbocycles. The van der Waals surface area contributed by atoms with Gasteiger partial charge in [0.25, 0.3) is 0 Å². The summed E-state index contributed by atoms with van der Waals surface area (Å²) in [6, 6.07) is 24.8. The summed E-state index contributed by atoms with van der Waals surface area (Å²) in [6.45, 7) is 0. The SMILES string of the molecule is O=C(O)c1ccc(-c2ccc(C(O)[C@@H](O)[C@H](O)[C@H](O)[C@@H](O)C(O)c3ccc(-c4ccc(C(=O)O)cc4)cc3)cc2)cc1. The summed E-state index contributed by atoms with van der Waals surface area (Å²) in [5.41, 5.74) is 3.55. The highest BCUT2D eigenvalue weighted by Crippen LogP contribution is 2.29. The van der Waals surface area contributed by atoms with Crippen LogP contribution in [0.4, 0.5) is 0 Å². The van der Waals surface area contributed by atoms with Gasteiger partial charge in [0, 0.05) is 0 Å². The van der Waals surface area contributed by atoms with Crippen molar-refractivity contribution in [2.24, 2.45) is 0 Å². The van der Waals surface area contributed by atoms with Crippen LogP contribution in [0.2, 0.25) is 0 Å². The van der Waals surface area contributed by atoms with Crippen molar-refractivity contribution >= 4 is 11.9 Å². The van der Waals surface area contributed by atoms with Gasteiger partial charge in [0.05, 0.1) is 11.1 Å². The van der Waals surface area contributed by atoms with Crippen molar-refractivity contribution in [1.29, 1.82) is 0 Å². The smallest absolute Gasteiger partial charge is 0.335 e. The lowest BCUT2D eigenvalue weighted by Crippen LogP contribution is -2.48. The van der Waals surface area contributed by atoms with Gasteiger partial charge in [0.1, 0.15) is 36.6 Å². The Labute approximate surface area is 240 Å². The molecule has 6 atom stereocenters. The van der Waals surface area contributed by atoms with Crippen molar-refractivity contribution in [3.8, 4) is 22.3 Å². The maximum absolute atomic E-state index is 11.0. The number of aliphatic hydroxyl groups is 6. The Morgan fingerprint density at radius 1 is 0.381 bits per heavy atom. The van der Waals surface area contributed by atoms with Gasteiger partial charge in [-0.05, 0) is 57.6 Å². The van der Waals surface area contributed by atoms with Gasteiger partial charge in [-0.3, -0.25) is 0 Å². The molecule has 0 heterocycles. The highest BCUT2D eigenvalue weighted by atomic mass is 16.4. The van der Waals surface area contributed by atoms with Crippen molar-refractivity contribution in [2.75, 3.05) is 0 Å². The quantitative estimate of drug-likeness (QED) is 0.132. The van der Waals surface area contributed by atoms with E-state index >= 15 is 0 Å². The number of carboxylic acid groups (broad SMARTS) is 2. The van der Waals surface area contributed by atoms with E-state index in [-0.39, 0.29) is 22.3 Å². The van der Waals surface area contributed by atoms with E-state index in [1.165, 1.54) is 48.5 Å². The summed E-state index contributed by atoms with van der Waals surface area (Å²) in [4.78, 5) is 22.1. The summed E-state index contributed by atoms with van der Waals surface area (Å²) in [7, 11) is 0. The van der Waals surface area contributed by atoms with E-state index in [1.54, 1.807) is 48.5 Å². The second kappa shape index (κ2) is 13.0. The molecule has 8 N–H and O–H groups in total. The molecule has 0 aliphatic heterocycles. The highest BCUT2D eigenvalue weighted by Gasteiger charge is 2.38. The molecular weight excluding hydrogens is 544 g/mol. The molecule has 4 aromatic carbocycles. The van der Waals surface area contributed by atoms with Crippen LogP contribution in [-0.2, 0) is 0 Å². The third-order valence-electron chi connectivity index (χ3n) is 7.13. The van der Waals surface area contributed by atoms with Gasteiger partial charge in [-0.2, -0.15) is 0 Å². The number of carboxylic acids is 2. The molecule has 42 heavy (non-hydrogen) atoms. The minimum Gasteiger partial charge on any atom is -0.478 e. The van der Waals surface area contributed by atoms with Crippen LogP contribution in [0.25, 0.3) is 22.3 Å². The first-order chi connectivity index (χ1) is 20.0. The normalized spacial score (nSPS) is 15.7. The molecule has 4 rings (SSSR count). The van der Waals surface area contributed by atoms with E-state index in [1.807, 2.05) is 0 Å². The Kier molecular flexibility index (Phi) is 9.48. The lowest BCUT2D eigenvalue weighted by Gasteiger charge is -2.31. The summed E-state index contributed by atoms with van der Waals surface area (Å²) in [5, 5.41) is 81.5. The molecule has 10 heteroatoms. The third kappa shape index (κ3) is 6.72. The summed E-state index contributed by atoms with van der Waals surface area (Å²) < 4.78 is 0. The van der Waals surface area contributed by atoms with E-state index in [4.69, 9.17) is 10.2 Å². The first-order valence-electron chi connectivity index (χ1n) is 12.9. The molecule has 2 unspecified atom stereocenters. The molecule has 0 saturated heterocycles. The first-order valence-corrected chi connectivity index (χ1v) is 12.9. The molecule has 0 aliphatic rings. The molecule has 218 valence electrons. The average Bonchev–Trinajstić information content (AvgIpc) is 3.02. The maximum atomic E-state index is 11.0. The van der Waals surface area contributed by atoms with Gasteiger partial charge in [-0.1, -0.05) is 72.8 Å². The van der Waals surface area contributed by atoms with Crippen molar-refractivity contribution < 1.29 is 50.4 Å². The van der Waals surface area contributed by atoms with Gasteiger partial charge in [-0.15, -0.1) is 0 Å². The van der Waals surface area contributed by atoms with Crippen LogP contribution in [-0.4, -0.2) is 77.2 Å². The van der Waals surface area contributed by atoms with Crippen LogP contribution in [0.1, 0.15) is 44.1 Å². The summed E-state index contributed by atoms with van der Waals surface area (Å²) in [5.74, 6) is -2.10. The Bertz CT molecular complexity index is 1380. The zero-order valence-corrected chi connectivity index (χ0v) is 22.1. The van der Waals surface area contributed by atoms with E-state index < -0.39 is 48.6 Å². The van der Waals surface area contributed by atoms with Gasteiger partial charge in [-0.25, -0.2) is 9.59 Å². The molecule has 0 fully saturated rings. The molecule has 0 spiro atoms. The standard InChI is InChI=1S/C32H30O10/c33-25(21-9-1-17(2-10-21)19-5-13-23(14-6-19)31(39)40)27(35)29(37)30(38)28(36)26(34)22-11-3-18(4-12-22)20-7-15-24(16-8-20)32(41)42/h1-16,25-30,33-38H,(H,39,40)(H,41,42)/t25?,26?,27-,28+,29+,30-. The van der Waals surface area contributed by atoms with Gasteiger partial charge < -0.3 is 40.9 Å². The predicted octanol–water partition coefficient (Wildman–Crippen LogP) is 2.63. The van der Waals surface area contributed by atoms with Crippen molar-refractivity contribution in [3.05, 3.63) is 119 Å². The monoisotopic (exact) mass is 574 g/mol. The Balaban J connectivity index is 1.39. The van der Waals surface area contributed by atoms with E-state index in [2.05, 4.69) is 0 Å². The minimum atomic E-state index is -2.03. The first kappa shape index (κ1) is 30.5. The fraction of sp³-hybridized carbons (Fsp3) is 0.188. The fourth-order valence-corrected chi connectivity index (χ4v) is 4.53. The third-order valence-corrected chi connectivity index (χ3v) is 7.13. The van der Waals surface area contributed by atoms with Crippen LogP contribution < -0.4 is 0 Å². The van der Waals surface area contributed by atoms with E-state index in [9.17, 15) is 40.2 Å². The largest absolute Gasteiger partial charge is 0.478 e. The Morgan fingerprint density at radius 2 is 0.619 bits per heavy atom. The topological polar surface area (TPSA) is 196 Å². The van der Waals surface area contributed by atoms with Crippen LogP contribution in [0.5, 0.6) is 0 Å². The zero-order chi connectivity index (χ0) is 30.6. The summed E-state index contributed by atoms with van der Waals surface area (Å²) >= 11 is 0. The van der Waals surface area contributed by atoms with Crippen LogP contribution in [0.15, 0.2) is 97.1 Å². The highest BCUT2D eigenvalue weighted by molar-refractivity contribution is 5.89. The lowest BCUT2D eigenvalue weighted by molar-refractivity contribution is -0.155. The second-order valence-corrected chi connectivity index (χ2v) is 9.86. The molecule has 0 amide bonds. The number of rotatable bonds is 11. The molecule has 4 aromatic rings. The predicted molar refractivity (Wildman–Crippen MR) is 152 cm³/mol. The number of hydrogen-bond donors (Lipinski definition) is 8. The van der Waals surface area contributed by atoms with Crippen LogP contribution in [0.3, 0.4) is 0 Å². The molecule has 0 radical (unpaired) electrons. The maximum Gasteiger partial charge on any atom is 0.335 e. The second-order valence-electron chi connectivity index (χ2n) is 9.86. The van der Waals surface area contributed by atoms with Gasteiger partial charge in [0.2, 0.25) is 0 Å². The zero-order valence-electron chi connectivity index (χ0n) is 22.1.